The van der Waals surface area contributed by atoms with Crippen molar-refractivity contribution in [2.24, 2.45) is 5.73 Å². The van der Waals surface area contributed by atoms with Gasteiger partial charge in [0, 0.05) is 22.0 Å². The molecule has 0 heterocycles. The number of hydrogen-bond donors (Lipinski definition) is 1. The molecule has 1 unspecified atom stereocenters. The van der Waals surface area contributed by atoms with Gasteiger partial charge in [0.05, 0.1) is 0 Å². The summed E-state index contributed by atoms with van der Waals surface area (Å²) in [6.45, 7) is 3.88. The van der Waals surface area contributed by atoms with Gasteiger partial charge in [0.25, 0.3) is 0 Å². The first kappa shape index (κ1) is 14.1. The van der Waals surface area contributed by atoms with E-state index in [0.717, 1.165) is 11.1 Å². The Morgan fingerprint density at radius 3 is 2.21 bits per heavy atom. The van der Waals surface area contributed by atoms with E-state index in [2.05, 4.69) is 6.58 Å². The average Bonchev–Trinajstić information content (AvgIpc) is 2.40. The Balaban J connectivity index is 2.31. The molecule has 2 aromatic rings. The minimum absolute atomic E-state index is 0.0138. The third kappa shape index (κ3) is 3.38. The SMILES string of the molecule is C=CC(c1cccc(Cl)c1)[C@H](N)c1ccc(Cl)cc1. The average molecular weight is 292 g/mol. The molecule has 1 nitrogen and oxygen atoms in total. The van der Waals surface area contributed by atoms with Crippen LogP contribution in [0.5, 0.6) is 0 Å². The molecule has 0 spiro atoms. The molecule has 98 valence electrons. The van der Waals surface area contributed by atoms with Gasteiger partial charge in [0.15, 0.2) is 0 Å². The molecule has 0 saturated carbocycles. The number of benzene rings is 2. The van der Waals surface area contributed by atoms with Crippen LogP contribution in [0.15, 0.2) is 61.2 Å². The number of rotatable bonds is 4. The van der Waals surface area contributed by atoms with Crippen molar-refractivity contribution in [3.05, 3.63) is 82.4 Å². The van der Waals surface area contributed by atoms with Gasteiger partial charge in [-0.3, -0.25) is 0 Å². The fourth-order valence-electron chi connectivity index (χ4n) is 2.10. The first-order valence-corrected chi connectivity index (χ1v) is 6.76. The van der Waals surface area contributed by atoms with Crippen LogP contribution in [0.3, 0.4) is 0 Å². The number of hydrogen-bond acceptors (Lipinski definition) is 1. The summed E-state index contributed by atoms with van der Waals surface area (Å²) in [6, 6.07) is 15.1. The van der Waals surface area contributed by atoms with Gasteiger partial charge in [-0.05, 0) is 35.4 Å². The molecule has 0 bridgehead atoms. The highest BCUT2D eigenvalue weighted by atomic mass is 35.5. The van der Waals surface area contributed by atoms with Gasteiger partial charge in [-0.2, -0.15) is 0 Å². The molecule has 19 heavy (non-hydrogen) atoms. The van der Waals surface area contributed by atoms with Gasteiger partial charge in [-0.15, -0.1) is 6.58 Å². The number of nitrogens with two attached hydrogens (primary N) is 1. The molecule has 0 fully saturated rings. The Morgan fingerprint density at radius 1 is 0.947 bits per heavy atom. The van der Waals surface area contributed by atoms with Crippen molar-refractivity contribution in [3.8, 4) is 0 Å². The Hall–Kier alpha value is -1.28. The zero-order valence-electron chi connectivity index (χ0n) is 10.4. The summed E-state index contributed by atoms with van der Waals surface area (Å²) in [6.07, 6.45) is 1.85. The van der Waals surface area contributed by atoms with Crippen molar-refractivity contribution >= 4 is 23.2 Å². The molecule has 0 aliphatic rings. The van der Waals surface area contributed by atoms with E-state index in [0.29, 0.717) is 10.0 Å². The van der Waals surface area contributed by atoms with Crippen LogP contribution in [0.25, 0.3) is 0 Å². The second kappa shape index (κ2) is 6.25. The number of halogens is 2. The maximum atomic E-state index is 6.32. The first-order valence-electron chi connectivity index (χ1n) is 6.01. The van der Waals surface area contributed by atoms with Crippen molar-refractivity contribution in [2.45, 2.75) is 12.0 Å². The largest absolute Gasteiger partial charge is 0.323 e. The first-order chi connectivity index (χ1) is 9.11. The van der Waals surface area contributed by atoms with Crippen LogP contribution in [0, 0.1) is 0 Å². The molecule has 0 aliphatic heterocycles. The van der Waals surface area contributed by atoms with Crippen LogP contribution in [-0.2, 0) is 0 Å². The van der Waals surface area contributed by atoms with Crippen molar-refractivity contribution in [1.29, 1.82) is 0 Å². The molecule has 3 heteroatoms. The minimum atomic E-state index is -0.173. The summed E-state index contributed by atoms with van der Waals surface area (Å²) in [4.78, 5) is 0. The molecule has 2 N–H and O–H groups in total. The van der Waals surface area contributed by atoms with E-state index in [1.807, 2.05) is 54.6 Å². The lowest BCUT2D eigenvalue weighted by atomic mass is 9.88. The highest BCUT2D eigenvalue weighted by Crippen LogP contribution is 2.31. The summed E-state index contributed by atoms with van der Waals surface area (Å²) < 4.78 is 0. The zero-order valence-corrected chi connectivity index (χ0v) is 11.9. The summed E-state index contributed by atoms with van der Waals surface area (Å²) in [5.41, 5.74) is 8.41. The van der Waals surface area contributed by atoms with Gasteiger partial charge in [-0.1, -0.05) is 53.5 Å². The van der Waals surface area contributed by atoms with Crippen LogP contribution in [0.4, 0.5) is 0 Å². The fourth-order valence-corrected chi connectivity index (χ4v) is 2.42. The molecule has 2 aromatic carbocycles. The summed E-state index contributed by atoms with van der Waals surface area (Å²) in [5.74, 6) is 0.0138. The van der Waals surface area contributed by atoms with Crippen LogP contribution in [0.1, 0.15) is 23.1 Å². The summed E-state index contributed by atoms with van der Waals surface area (Å²) in [7, 11) is 0. The van der Waals surface area contributed by atoms with Gasteiger partial charge in [-0.25, -0.2) is 0 Å². The quantitative estimate of drug-likeness (QED) is 0.792. The lowest BCUT2D eigenvalue weighted by Crippen LogP contribution is -2.18. The van der Waals surface area contributed by atoms with Gasteiger partial charge < -0.3 is 5.73 Å². The van der Waals surface area contributed by atoms with E-state index in [1.165, 1.54) is 0 Å². The van der Waals surface area contributed by atoms with Crippen molar-refractivity contribution < 1.29 is 0 Å². The zero-order chi connectivity index (χ0) is 13.8. The third-order valence-corrected chi connectivity index (χ3v) is 3.62. The van der Waals surface area contributed by atoms with Crippen LogP contribution < -0.4 is 5.73 Å². The fraction of sp³-hybridized carbons (Fsp3) is 0.125. The van der Waals surface area contributed by atoms with Gasteiger partial charge in [0.2, 0.25) is 0 Å². The maximum absolute atomic E-state index is 6.32. The van der Waals surface area contributed by atoms with E-state index in [9.17, 15) is 0 Å². The van der Waals surface area contributed by atoms with E-state index in [4.69, 9.17) is 28.9 Å². The normalized spacial score (nSPS) is 13.8. The monoisotopic (exact) mass is 291 g/mol. The van der Waals surface area contributed by atoms with E-state index < -0.39 is 0 Å². The molecular formula is C16H15Cl2N. The topological polar surface area (TPSA) is 26.0 Å². The highest BCUT2D eigenvalue weighted by molar-refractivity contribution is 6.30. The molecular weight excluding hydrogens is 277 g/mol. The predicted octanol–water partition coefficient (Wildman–Crippen LogP) is 4.96. The molecule has 0 aliphatic carbocycles. The van der Waals surface area contributed by atoms with Crippen molar-refractivity contribution in [1.82, 2.24) is 0 Å². The summed E-state index contributed by atoms with van der Waals surface area (Å²) >= 11 is 11.9. The second-order valence-corrected chi connectivity index (χ2v) is 5.27. The van der Waals surface area contributed by atoms with E-state index in [-0.39, 0.29) is 12.0 Å². The molecule has 0 aromatic heterocycles. The Labute approximate surface area is 123 Å². The third-order valence-electron chi connectivity index (χ3n) is 3.13. The van der Waals surface area contributed by atoms with Crippen molar-refractivity contribution in [3.63, 3.8) is 0 Å². The lowest BCUT2D eigenvalue weighted by molar-refractivity contribution is 0.647. The van der Waals surface area contributed by atoms with E-state index in [1.54, 1.807) is 0 Å². The molecule has 0 amide bonds. The molecule has 0 saturated heterocycles. The smallest absolute Gasteiger partial charge is 0.0408 e. The summed E-state index contributed by atoms with van der Waals surface area (Å²) in [5, 5.41) is 1.40. The van der Waals surface area contributed by atoms with Gasteiger partial charge >= 0.3 is 0 Å². The Bertz CT molecular complexity index is 563. The van der Waals surface area contributed by atoms with Crippen LogP contribution in [0.2, 0.25) is 10.0 Å². The molecule has 0 radical (unpaired) electrons. The Kier molecular flexibility index (Phi) is 4.65. The second-order valence-electron chi connectivity index (χ2n) is 4.39. The van der Waals surface area contributed by atoms with Gasteiger partial charge in [0.1, 0.15) is 0 Å². The van der Waals surface area contributed by atoms with Crippen molar-refractivity contribution in [2.75, 3.05) is 0 Å². The van der Waals surface area contributed by atoms with E-state index >= 15 is 0 Å². The van der Waals surface area contributed by atoms with Crippen LogP contribution >= 0.6 is 23.2 Å². The Morgan fingerprint density at radius 2 is 1.63 bits per heavy atom. The lowest BCUT2D eigenvalue weighted by Gasteiger charge is -2.22. The standard InChI is InChI=1S/C16H15Cl2N/c1-2-15(12-4-3-5-14(18)10-12)16(19)11-6-8-13(17)9-7-11/h2-10,15-16H,1,19H2/t15?,16-/m1/s1. The highest BCUT2D eigenvalue weighted by Gasteiger charge is 2.18. The molecule has 2 atom stereocenters. The van der Waals surface area contributed by atoms with Crippen LogP contribution in [-0.4, -0.2) is 0 Å². The predicted molar refractivity (Wildman–Crippen MR) is 82.8 cm³/mol. The molecule has 2 rings (SSSR count). The minimum Gasteiger partial charge on any atom is -0.323 e. The maximum Gasteiger partial charge on any atom is 0.0408 e.